The van der Waals surface area contributed by atoms with Crippen LogP contribution in [0.4, 0.5) is 13.2 Å². The summed E-state index contributed by atoms with van der Waals surface area (Å²) in [4.78, 5) is 0. The topological polar surface area (TPSA) is 145 Å². The highest BCUT2D eigenvalue weighted by atomic mass is 32.2. The Morgan fingerprint density at radius 1 is 0.304 bits per heavy atom. The highest BCUT2D eigenvalue weighted by molar-refractivity contribution is 7.88. The van der Waals surface area contributed by atoms with Crippen LogP contribution in [0.2, 0.25) is 0 Å². The Morgan fingerprint density at radius 3 is 0.582 bits per heavy atom. The molecule has 0 aromatic heterocycles. The maximum absolute atomic E-state index is 14.6. The minimum Gasteiger partial charge on any atom is -0.507 e. The zero-order chi connectivity index (χ0) is 59.3. The molecule has 12 bridgehead atoms. The van der Waals surface area contributed by atoms with Gasteiger partial charge in [-0.15, -0.1) is 0 Å². The number of fused-ring (bicyclic) bond motifs is 12. The van der Waals surface area contributed by atoms with Gasteiger partial charge in [-0.2, -0.15) is 21.6 Å². The largest absolute Gasteiger partial charge is 0.534 e. The van der Waals surface area contributed by atoms with Crippen molar-refractivity contribution in [3.05, 3.63) is 173 Å². The summed E-state index contributed by atoms with van der Waals surface area (Å²) in [6.45, 7) is 36.4. The standard InChI is InChI=1S/C67H83F3O8S/c1-61(2,3)49-25-37-19-39-27-50(62(4,5)6)29-41(56(39)72)21-43-31-52(64(10,11)12)33-45(58(43)74)23-47-35-54(66(16,17)18)36-48(60(47)78-79(76,77)67(68,69)70)24-46-34-53(65(13,14)15)32-44(59(46)75)22-42-30-51(63(7,8)9)28-40(57(42)73)20-38(26-49)55(37)71/h25-36,71-75H,19-24H2,1-18H3. The van der Waals surface area contributed by atoms with Gasteiger partial charge in [0, 0.05) is 49.7 Å². The van der Waals surface area contributed by atoms with Crippen LogP contribution in [0.1, 0.15) is 225 Å². The fourth-order valence-electron chi connectivity index (χ4n) is 10.3. The molecule has 5 N–H and O–H groups in total. The van der Waals surface area contributed by atoms with E-state index in [4.69, 9.17) is 4.18 Å². The maximum Gasteiger partial charge on any atom is 0.534 e. The average molecular weight is 1110 g/mol. The number of aromatic hydroxyl groups is 5. The van der Waals surface area contributed by atoms with E-state index in [1.54, 1.807) is 24.3 Å². The number of rotatable bonds is 2. The van der Waals surface area contributed by atoms with Crippen LogP contribution in [0.5, 0.6) is 34.5 Å². The molecule has 0 fully saturated rings. The maximum atomic E-state index is 14.6. The van der Waals surface area contributed by atoms with Crippen molar-refractivity contribution in [2.24, 2.45) is 0 Å². The molecule has 0 heterocycles. The van der Waals surface area contributed by atoms with Crippen molar-refractivity contribution in [1.82, 2.24) is 0 Å². The molecule has 8 nitrogen and oxygen atoms in total. The molecule has 426 valence electrons. The lowest BCUT2D eigenvalue weighted by atomic mass is 9.79. The number of alkyl halides is 3. The van der Waals surface area contributed by atoms with Gasteiger partial charge in [0.05, 0.1) is 0 Å². The van der Waals surface area contributed by atoms with Crippen molar-refractivity contribution in [2.75, 3.05) is 0 Å². The van der Waals surface area contributed by atoms with Gasteiger partial charge in [0.25, 0.3) is 0 Å². The second kappa shape index (κ2) is 20.4. The first-order chi connectivity index (χ1) is 35.8. The van der Waals surface area contributed by atoms with Crippen LogP contribution in [0.3, 0.4) is 0 Å². The van der Waals surface area contributed by atoms with Crippen molar-refractivity contribution in [3.63, 3.8) is 0 Å². The monoisotopic (exact) mass is 1100 g/mol. The molecule has 7 rings (SSSR count). The molecular weight excluding hydrogens is 1020 g/mol. The first kappa shape index (κ1) is 60.5. The summed E-state index contributed by atoms with van der Waals surface area (Å²) in [5.74, 6) is -1.02. The van der Waals surface area contributed by atoms with Gasteiger partial charge in [-0.25, -0.2) is 0 Å². The Balaban J connectivity index is 1.64. The van der Waals surface area contributed by atoms with E-state index in [0.29, 0.717) is 50.1 Å². The zero-order valence-corrected chi connectivity index (χ0v) is 50.5. The third-order valence-electron chi connectivity index (χ3n) is 15.5. The molecule has 6 aromatic rings. The van der Waals surface area contributed by atoms with Gasteiger partial charge in [-0.05, 0) is 122 Å². The quantitative estimate of drug-likeness (QED) is 0.0850. The lowest BCUT2D eigenvalue weighted by Crippen LogP contribution is -2.29. The Kier molecular flexibility index (Phi) is 15.7. The van der Waals surface area contributed by atoms with Crippen LogP contribution in [0.25, 0.3) is 0 Å². The first-order valence-corrected chi connectivity index (χ1v) is 28.7. The van der Waals surface area contributed by atoms with Gasteiger partial charge >= 0.3 is 15.6 Å². The SMILES string of the molecule is CC(C)(C)c1cc2c(O)c(c1)Cc1cc(C(C)(C)C)cc(c1O)Cc1cc(C(C)(C)C)cc(c1O)Cc1cc(C(C)(C)C)cc(c1OS(=O)(=O)C(F)(F)F)Cc1cc(C(C)(C)C)cc(c1O)Cc1cc(C(C)(C)C)cc(c1O)C2. The highest BCUT2D eigenvalue weighted by Gasteiger charge is 2.49. The summed E-state index contributed by atoms with van der Waals surface area (Å²) in [6, 6.07) is 22.1. The van der Waals surface area contributed by atoms with Crippen molar-refractivity contribution < 1.29 is 51.3 Å². The molecule has 0 aliphatic heterocycles. The van der Waals surface area contributed by atoms with Crippen molar-refractivity contribution in [3.8, 4) is 34.5 Å². The molecule has 0 unspecified atom stereocenters. The van der Waals surface area contributed by atoms with Crippen molar-refractivity contribution in [1.29, 1.82) is 0 Å². The summed E-state index contributed by atoms with van der Waals surface area (Å²) >= 11 is 0. The Hall–Kier alpha value is -6.14. The lowest BCUT2D eigenvalue weighted by molar-refractivity contribution is -0.0500. The molecule has 0 radical (unpaired) electrons. The summed E-state index contributed by atoms with van der Waals surface area (Å²) in [6.07, 6.45) is -0.295. The van der Waals surface area contributed by atoms with Gasteiger partial charge in [-0.1, -0.05) is 197 Å². The van der Waals surface area contributed by atoms with Crippen molar-refractivity contribution in [2.45, 2.75) is 201 Å². The molecule has 0 spiro atoms. The first-order valence-electron chi connectivity index (χ1n) is 27.3. The van der Waals surface area contributed by atoms with Crippen LogP contribution >= 0.6 is 0 Å². The number of halogens is 3. The van der Waals surface area contributed by atoms with E-state index >= 15 is 0 Å². The van der Waals surface area contributed by atoms with Crippen LogP contribution < -0.4 is 4.18 Å². The molecule has 1 aliphatic rings. The minimum absolute atomic E-state index is 0.0152. The second-order valence-electron chi connectivity index (χ2n) is 28.4. The van der Waals surface area contributed by atoms with E-state index in [9.17, 15) is 47.1 Å². The van der Waals surface area contributed by atoms with E-state index in [2.05, 4.69) is 62.3 Å². The van der Waals surface area contributed by atoms with E-state index in [0.717, 1.165) is 27.8 Å². The number of phenols is 5. The van der Waals surface area contributed by atoms with E-state index < -0.39 is 48.5 Å². The average Bonchev–Trinajstić information content (AvgIpc) is 3.27. The van der Waals surface area contributed by atoms with Crippen LogP contribution in [0.15, 0.2) is 72.8 Å². The van der Waals surface area contributed by atoms with Gasteiger partial charge in [-0.3, -0.25) is 0 Å². The normalized spacial score (nSPS) is 14.4. The van der Waals surface area contributed by atoms with Gasteiger partial charge in [0.2, 0.25) is 0 Å². The Morgan fingerprint density at radius 2 is 0.443 bits per heavy atom. The number of benzene rings is 6. The molecule has 0 amide bonds. The summed E-state index contributed by atoms with van der Waals surface area (Å²) in [5.41, 5.74) is 0.752. The van der Waals surface area contributed by atoms with Gasteiger partial charge in [0.15, 0.2) is 0 Å². The van der Waals surface area contributed by atoms with Gasteiger partial charge in [0.1, 0.15) is 34.5 Å². The number of hydrogen-bond donors (Lipinski definition) is 5. The predicted octanol–water partition coefficient (Wildman–Crippen LogP) is 16.1. The molecule has 0 atom stereocenters. The van der Waals surface area contributed by atoms with E-state index in [1.165, 1.54) is 0 Å². The Bertz CT molecular complexity index is 3280. The number of phenolic OH excluding ortho intramolecular Hbond substituents is 5. The van der Waals surface area contributed by atoms with Crippen molar-refractivity contribution >= 4 is 10.1 Å². The molecule has 0 saturated carbocycles. The zero-order valence-electron chi connectivity index (χ0n) is 49.7. The smallest absolute Gasteiger partial charge is 0.507 e. The fraction of sp³-hybridized carbons (Fsp3) is 0.463. The summed E-state index contributed by atoms with van der Waals surface area (Å²) in [7, 11) is -6.29. The van der Waals surface area contributed by atoms with Crippen LogP contribution in [-0.4, -0.2) is 39.5 Å². The number of hydrogen-bond acceptors (Lipinski definition) is 8. The highest BCUT2D eigenvalue weighted by Crippen LogP contribution is 2.46. The minimum atomic E-state index is -6.29. The summed E-state index contributed by atoms with van der Waals surface area (Å²) in [5, 5.41) is 62.7. The fourth-order valence-corrected chi connectivity index (χ4v) is 10.8. The third-order valence-corrected chi connectivity index (χ3v) is 16.5. The summed E-state index contributed by atoms with van der Waals surface area (Å²) < 4.78 is 75.9. The molecule has 79 heavy (non-hydrogen) atoms. The van der Waals surface area contributed by atoms with E-state index in [-0.39, 0.29) is 94.9 Å². The molecular formula is C67H83F3O8S. The van der Waals surface area contributed by atoms with E-state index in [1.807, 2.05) is 111 Å². The predicted molar refractivity (Wildman–Crippen MR) is 312 cm³/mol. The van der Waals surface area contributed by atoms with Crippen LogP contribution in [0, 0.1) is 0 Å². The Labute approximate surface area is 467 Å². The molecule has 12 heteroatoms. The molecule has 6 aromatic carbocycles. The van der Waals surface area contributed by atoms with Gasteiger partial charge < -0.3 is 29.7 Å². The van der Waals surface area contributed by atoms with Crippen LogP contribution in [-0.2, 0) is 81.1 Å². The molecule has 0 saturated heterocycles. The lowest BCUT2D eigenvalue weighted by Gasteiger charge is -2.27. The molecule has 1 aliphatic carbocycles. The second-order valence-corrected chi connectivity index (χ2v) is 29.9. The third kappa shape index (κ3) is 13.1.